The molecule has 9 heteroatoms. The average Bonchev–Trinajstić information content (AvgIpc) is 2.96. The second-order valence-electron chi connectivity index (χ2n) is 4.76. The van der Waals surface area contributed by atoms with Gasteiger partial charge in [0.25, 0.3) is 0 Å². The molecule has 2 aliphatic heterocycles. The first-order chi connectivity index (χ1) is 9.00. The first-order valence-electron chi connectivity index (χ1n) is 6.05. The van der Waals surface area contributed by atoms with Crippen LogP contribution >= 0.6 is 0 Å². The zero-order chi connectivity index (χ0) is 13.6. The zero-order valence-corrected chi connectivity index (χ0v) is 11.3. The van der Waals surface area contributed by atoms with Crippen molar-refractivity contribution in [2.45, 2.75) is 17.9 Å². The number of carbonyl (C=O) groups is 1. The van der Waals surface area contributed by atoms with E-state index in [0.717, 1.165) is 0 Å². The van der Waals surface area contributed by atoms with Crippen molar-refractivity contribution >= 4 is 16.1 Å². The molecule has 2 aliphatic rings. The molecule has 0 spiro atoms. The molecule has 0 radical (unpaired) electrons. The number of aryl methyl sites for hydroxylation is 1. The highest BCUT2D eigenvalue weighted by atomic mass is 32.2. The van der Waals surface area contributed by atoms with E-state index in [2.05, 4.69) is 15.5 Å². The largest absolute Gasteiger partial charge is 0.336 e. The third-order valence-electron chi connectivity index (χ3n) is 3.60. The minimum absolute atomic E-state index is 0.0803. The number of hydrogen-bond donors (Lipinski definition) is 2. The summed E-state index contributed by atoms with van der Waals surface area (Å²) in [4.78, 5) is 13.4. The molecule has 1 atom stereocenters. The van der Waals surface area contributed by atoms with Crippen LogP contribution in [0.5, 0.6) is 0 Å². The Morgan fingerprint density at radius 2 is 2.21 bits per heavy atom. The summed E-state index contributed by atoms with van der Waals surface area (Å²) in [6, 6.07) is -0.190. The molecule has 1 unspecified atom stereocenters. The molecule has 1 aromatic rings. The molecule has 8 nitrogen and oxygen atoms in total. The lowest BCUT2D eigenvalue weighted by molar-refractivity contribution is 0.164. The summed E-state index contributed by atoms with van der Waals surface area (Å²) in [6.07, 6.45) is 1.33. The van der Waals surface area contributed by atoms with Gasteiger partial charge in [0.15, 0.2) is 0 Å². The van der Waals surface area contributed by atoms with Crippen LogP contribution in [0.3, 0.4) is 0 Å². The van der Waals surface area contributed by atoms with Gasteiger partial charge in [0.05, 0.1) is 17.9 Å². The predicted molar refractivity (Wildman–Crippen MR) is 66.0 cm³/mol. The van der Waals surface area contributed by atoms with Gasteiger partial charge in [0, 0.05) is 26.2 Å². The first-order valence-corrected chi connectivity index (χ1v) is 7.49. The molecule has 3 heterocycles. The van der Waals surface area contributed by atoms with Gasteiger partial charge in [0.2, 0.25) is 10.0 Å². The summed E-state index contributed by atoms with van der Waals surface area (Å²) in [7, 11) is -3.53. The third-order valence-corrected chi connectivity index (χ3v) is 5.58. The molecular formula is C10H15N5O3S. The number of urea groups is 1. The molecule has 2 saturated heterocycles. The van der Waals surface area contributed by atoms with Crippen LogP contribution in [-0.4, -0.2) is 66.1 Å². The Morgan fingerprint density at radius 3 is 2.89 bits per heavy atom. The fourth-order valence-electron chi connectivity index (χ4n) is 2.53. The van der Waals surface area contributed by atoms with Gasteiger partial charge >= 0.3 is 6.03 Å². The Kier molecular flexibility index (Phi) is 2.75. The molecule has 2 N–H and O–H groups in total. The van der Waals surface area contributed by atoms with Gasteiger partial charge in [-0.15, -0.1) is 0 Å². The van der Waals surface area contributed by atoms with E-state index in [4.69, 9.17) is 0 Å². The normalized spacial score (nSPS) is 24.4. The van der Waals surface area contributed by atoms with Crippen LogP contribution in [0.2, 0.25) is 0 Å². The first kappa shape index (κ1) is 12.4. The average molecular weight is 285 g/mol. The number of amides is 2. The van der Waals surface area contributed by atoms with Crippen LogP contribution in [0.25, 0.3) is 0 Å². The molecule has 0 aliphatic carbocycles. The number of nitrogens with one attached hydrogen (secondary N) is 2. The lowest BCUT2D eigenvalue weighted by atomic mass is 10.2. The Bertz CT molecular complexity index is 610. The number of fused-ring (bicyclic) bond motifs is 1. The molecule has 104 valence electrons. The SMILES string of the molecule is Cc1[nH]ncc1S(=O)(=O)N1CCN2C(=O)NCC2C1. The molecule has 1 aromatic heterocycles. The Morgan fingerprint density at radius 1 is 1.42 bits per heavy atom. The fourth-order valence-corrected chi connectivity index (χ4v) is 4.12. The number of nitrogens with zero attached hydrogens (tertiary/aromatic N) is 3. The van der Waals surface area contributed by atoms with Crippen molar-refractivity contribution in [3.63, 3.8) is 0 Å². The highest BCUT2D eigenvalue weighted by molar-refractivity contribution is 7.89. The molecule has 3 rings (SSSR count). The Labute approximate surface area is 110 Å². The summed E-state index contributed by atoms with van der Waals surface area (Å²) >= 11 is 0. The monoisotopic (exact) mass is 285 g/mol. The standard InChI is InChI=1S/C10H15N5O3S/c1-7-9(5-12-13-7)19(17,18)14-2-3-15-8(6-14)4-11-10(15)16/h5,8H,2-4,6H2,1H3,(H,11,16)(H,12,13). The van der Waals surface area contributed by atoms with Crippen molar-refractivity contribution in [1.29, 1.82) is 0 Å². The molecule has 0 saturated carbocycles. The second-order valence-corrected chi connectivity index (χ2v) is 6.66. The minimum atomic E-state index is -3.53. The maximum Gasteiger partial charge on any atom is 0.317 e. The maximum absolute atomic E-state index is 12.5. The van der Waals surface area contributed by atoms with Gasteiger partial charge in [-0.3, -0.25) is 5.10 Å². The van der Waals surface area contributed by atoms with E-state index in [1.807, 2.05) is 0 Å². The third kappa shape index (κ3) is 1.89. The van der Waals surface area contributed by atoms with E-state index in [9.17, 15) is 13.2 Å². The second kappa shape index (κ2) is 4.20. The van der Waals surface area contributed by atoms with Gasteiger partial charge in [-0.05, 0) is 6.92 Å². The van der Waals surface area contributed by atoms with Gasteiger partial charge < -0.3 is 10.2 Å². The van der Waals surface area contributed by atoms with Crippen LogP contribution in [0.15, 0.2) is 11.1 Å². The van der Waals surface area contributed by atoms with Gasteiger partial charge in [0.1, 0.15) is 4.90 Å². The van der Waals surface area contributed by atoms with E-state index in [-0.39, 0.29) is 17.0 Å². The highest BCUT2D eigenvalue weighted by Crippen LogP contribution is 2.22. The number of H-pyrrole nitrogens is 1. The molecule has 2 amide bonds. The van der Waals surface area contributed by atoms with Crippen molar-refractivity contribution in [3.05, 3.63) is 11.9 Å². The quantitative estimate of drug-likeness (QED) is 0.737. The van der Waals surface area contributed by atoms with Gasteiger partial charge in [-0.2, -0.15) is 9.40 Å². The Hall–Kier alpha value is -1.61. The summed E-state index contributed by atoms with van der Waals surface area (Å²) in [5.74, 6) is 0. The van der Waals surface area contributed by atoms with Crippen molar-refractivity contribution in [2.75, 3.05) is 26.2 Å². The molecule has 2 fully saturated rings. The van der Waals surface area contributed by atoms with Crippen molar-refractivity contribution < 1.29 is 13.2 Å². The smallest absolute Gasteiger partial charge is 0.317 e. The van der Waals surface area contributed by atoms with Crippen LogP contribution in [-0.2, 0) is 10.0 Å². The molecule has 0 aromatic carbocycles. The van der Waals surface area contributed by atoms with Gasteiger partial charge in [-0.1, -0.05) is 0 Å². The summed E-state index contributed by atoms with van der Waals surface area (Å²) < 4.78 is 26.4. The number of aromatic nitrogens is 2. The van der Waals surface area contributed by atoms with Crippen molar-refractivity contribution in [3.8, 4) is 0 Å². The minimum Gasteiger partial charge on any atom is -0.336 e. The lowest BCUT2D eigenvalue weighted by Crippen LogP contribution is -2.53. The predicted octanol–water partition coefficient (Wildman–Crippen LogP) is -0.884. The van der Waals surface area contributed by atoms with E-state index in [0.29, 0.717) is 31.9 Å². The van der Waals surface area contributed by atoms with Crippen LogP contribution in [0.4, 0.5) is 4.79 Å². The maximum atomic E-state index is 12.5. The van der Waals surface area contributed by atoms with E-state index < -0.39 is 10.0 Å². The van der Waals surface area contributed by atoms with Crippen molar-refractivity contribution in [1.82, 2.24) is 24.7 Å². The zero-order valence-electron chi connectivity index (χ0n) is 10.5. The fraction of sp³-hybridized carbons (Fsp3) is 0.600. The van der Waals surface area contributed by atoms with Crippen molar-refractivity contribution in [2.24, 2.45) is 0 Å². The number of hydrogen-bond acceptors (Lipinski definition) is 4. The number of piperazine rings is 1. The number of carbonyl (C=O) groups excluding carboxylic acids is 1. The highest BCUT2D eigenvalue weighted by Gasteiger charge is 2.40. The Balaban J connectivity index is 1.85. The van der Waals surface area contributed by atoms with E-state index >= 15 is 0 Å². The van der Waals surface area contributed by atoms with Crippen LogP contribution < -0.4 is 5.32 Å². The molecule has 19 heavy (non-hydrogen) atoms. The number of rotatable bonds is 2. The summed E-state index contributed by atoms with van der Waals surface area (Å²) in [5, 5.41) is 9.11. The number of aromatic amines is 1. The lowest BCUT2D eigenvalue weighted by Gasteiger charge is -2.35. The van der Waals surface area contributed by atoms with E-state index in [1.165, 1.54) is 10.5 Å². The number of sulfonamides is 1. The topological polar surface area (TPSA) is 98.4 Å². The summed E-state index contributed by atoms with van der Waals surface area (Å²) in [5.41, 5.74) is 0.531. The van der Waals surface area contributed by atoms with Crippen LogP contribution in [0.1, 0.15) is 5.69 Å². The molecule has 0 bridgehead atoms. The van der Waals surface area contributed by atoms with Crippen LogP contribution in [0, 0.1) is 6.92 Å². The van der Waals surface area contributed by atoms with Gasteiger partial charge in [-0.25, -0.2) is 13.2 Å². The summed E-state index contributed by atoms with van der Waals surface area (Å²) in [6.45, 7) is 3.24. The molecular weight excluding hydrogens is 270 g/mol. The van der Waals surface area contributed by atoms with E-state index in [1.54, 1.807) is 11.8 Å².